The van der Waals surface area contributed by atoms with E-state index in [-0.39, 0.29) is 6.42 Å². The maximum Gasteiger partial charge on any atom is 0.326 e. The van der Waals surface area contributed by atoms with Crippen molar-refractivity contribution in [2.75, 3.05) is 0 Å². The van der Waals surface area contributed by atoms with Crippen LogP contribution in [0.1, 0.15) is 24.0 Å². The van der Waals surface area contributed by atoms with Crippen LogP contribution in [0.5, 0.6) is 0 Å². The van der Waals surface area contributed by atoms with E-state index in [1.54, 1.807) is 0 Å². The van der Waals surface area contributed by atoms with Gasteiger partial charge in [0.1, 0.15) is 6.04 Å². The van der Waals surface area contributed by atoms with Crippen LogP contribution in [-0.2, 0) is 16.0 Å². The average molecular weight is 285 g/mol. The van der Waals surface area contributed by atoms with E-state index in [1.807, 2.05) is 31.2 Å². The Morgan fingerprint density at radius 1 is 1.25 bits per heavy atom. The van der Waals surface area contributed by atoms with E-state index in [0.717, 1.165) is 11.1 Å². The van der Waals surface area contributed by atoms with Gasteiger partial charge in [0.05, 0.1) is 0 Å². The molecule has 110 valence electrons. The molecule has 1 amide bonds. The molecular formula is C14H17F2NO3. The molecule has 0 spiro atoms. The van der Waals surface area contributed by atoms with Gasteiger partial charge in [0.2, 0.25) is 12.3 Å². The van der Waals surface area contributed by atoms with Crippen LogP contribution in [0.3, 0.4) is 0 Å². The third kappa shape index (κ3) is 5.77. The summed E-state index contributed by atoms with van der Waals surface area (Å²) in [6, 6.07) is 6.02. The Hall–Kier alpha value is -1.98. The monoisotopic (exact) mass is 285 g/mol. The van der Waals surface area contributed by atoms with Crippen LogP contribution in [0.2, 0.25) is 0 Å². The fourth-order valence-corrected chi connectivity index (χ4v) is 1.68. The van der Waals surface area contributed by atoms with Crippen LogP contribution in [-0.4, -0.2) is 29.5 Å². The molecule has 0 saturated heterocycles. The van der Waals surface area contributed by atoms with Crippen molar-refractivity contribution < 1.29 is 23.5 Å². The summed E-state index contributed by atoms with van der Waals surface area (Å²) in [5, 5.41) is 10.8. The van der Waals surface area contributed by atoms with Crippen molar-refractivity contribution >= 4 is 11.9 Å². The number of alkyl halides is 2. The third-order valence-corrected chi connectivity index (χ3v) is 2.81. The lowest BCUT2D eigenvalue weighted by Crippen LogP contribution is -2.42. The van der Waals surface area contributed by atoms with Crippen molar-refractivity contribution in [3.8, 4) is 0 Å². The predicted octanol–water partition coefficient (Wildman–Crippen LogP) is 2.15. The number of rotatable bonds is 7. The second kappa shape index (κ2) is 7.57. The molecule has 0 bridgehead atoms. The second-order valence-corrected chi connectivity index (χ2v) is 4.57. The first kappa shape index (κ1) is 16.1. The van der Waals surface area contributed by atoms with E-state index in [2.05, 4.69) is 5.32 Å². The van der Waals surface area contributed by atoms with Crippen molar-refractivity contribution in [3.05, 3.63) is 35.4 Å². The molecule has 0 fully saturated rings. The van der Waals surface area contributed by atoms with Crippen molar-refractivity contribution in [1.82, 2.24) is 5.32 Å². The number of aliphatic carboxylic acids is 1. The summed E-state index contributed by atoms with van der Waals surface area (Å²) in [6.07, 6.45) is -3.15. The molecule has 0 saturated carbocycles. The topological polar surface area (TPSA) is 66.4 Å². The molecule has 1 aromatic carbocycles. The maximum atomic E-state index is 12.2. The van der Waals surface area contributed by atoms with Gasteiger partial charge in [0.25, 0.3) is 0 Å². The van der Waals surface area contributed by atoms with E-state index >= 15 is 0 Å². The number of carboxylic acid groups (broad SMARTS) is 1. The quantitative estimate of drug-likeness (QED) is 0.806. The molecule has 1 unspecified atom stereocenters. The highest BCUT2D eigenvalue weighted by molar-refractivity contribution is 5.83. The predicted molar refractivity (Wildman–Crippen MR) is 69.7 cm³/mol. The molecule has 0 aliphatic heterocycles. The maximum absolute atomic E-state index is 12.2. The number of hydrogen-bond donors (Lipinski definition) is 2. The summed E-state index contributed by atoms with van der Waals surface area (Å²) in [5.74, 6) is -1.99. The number of carbonyl (C=O) groups excluding carboxylic acids is 1. The van der Waals surface area contributed by atoms with Gasteiger partial charge in [0.15, 0.2) is 0 Å². The van der Waals surface area contributed by atoms with E-state index in [9.17, 15) is 18.4 Å². The normalized spacial score (nSPS) is 12.2. The summed E-state index contributed by atoms with van der Waals surface area (Å²) < 4.78 is 24.3. The summed E-state index contributed by atoms with van der Waals surface area (Å²) in [5.41, 5.74) is 2.03. The first-order valence-corrected chi connectivity index (χ1v) is 6.24. The van der Waals surface area contributed by atoms with Crippen LogP contribution in [0.25, 0.3) is 0 Å². The Morgan fingerprint density at radius 2 is 1.85 bits per heavy atom. The van der Waals surface area contributed by atoms with E-state index < -0.39 is 30.8 Å². The zero-order valence-electron chi connectivity index (χ0n) is 11.1. The number of benzene rings is 1. The standard InChI is InChI=1S/C14H17F2NO3/c1-9-2-4-10(5-3-9)6-7-13(18)17-11(14(19)20)8-12(15)16/h2-5,11-12H,6-8H2,1H3,(H,17,18)(H,19,20). The number of nitrogens with one attached hydrogen (secondary N) is 1. The first-order chi connectivity index (χ1) is 9.38. The molecule has 1 aromatic rings. The fraction of sp³-hybridized carbons (Fsp3) is 0.429. The Kier molecular flexibility index (Phi) is 6.09. The summed E-state index contributed by atoms with van der Waals surface area (Å²) in [4.78, 5) is 22.3. The van der Waals surface area contributed by atoms with E-state index in [0.29, 0.717) is 6.42 Å². The molecule has 6 heteroatoms. The van der Waals surface area contributed by atoms with Gasteiger partial charge in [-0.3, -0.25) is 4.79 Å². The molecule has 1 rings (SSSR count). The van der Waals surface area contributed by atoms with Crippen LogP contribution in [0, 0.1) is 6.92 Å². The number of carbonyl (C=O) groups is 2. The molecule has 0 aromatic heterocycles. The summed E-state index contributed by atoms with van der Waals surface area (Å²) in [6.45, 7) is 1.94. The number of hydrogen-bond acceptors (Lipinski definition) is 2. The molecule has 0 radical (unpaired) electrons. The average Bonchev–Trinajstić information content (AvgIpc) is 2.36. The molecular weight excluding hydrogens is 268 g/mol. The first-order valence-electron chi connectivity index (χ1n) is 6.24. The highest BCUT2D eigenvalue weighted by Gasteiger charge is 2.23. The number of carboxylic acids is 1. The van der Waals surface area contributed by atoms with Crippen molar-refractivity contribution in [3.63, 3.8) is 0 Å². The Balaban J connectivity index is 2.45. The van der Waals surface area contributed by atoms with Crippen LogP contribution in [0.15, 0.2) is 24.3 Å². The number of halogens is 2. The van der Waals surface area contributed by atoms with Crippen molar-refractivity contribution in [1.29, 1.82) is 0 Å². The van der Waals surface area contributed by atoms with Crippen LogP contribution in [0.4, 0.5) is 8.78 Å². The molecule has 0 aliphatic rings. The van der Waals surface area contributed by atoms with Crippen LogP contribution >= 0.6 is 0 Å². The zero-order chi connectivity index (χ0) is 15.1. The molecule has 20 heavy (non-hydrogen) atoms. The van der Waals surface area contributed by atoms with E-state index in [1.165, 1.54) is 0 Å². The minimum absolute atomic E-state index is 0.0656. The van der Waals surface area contributed by atoms with Gasteiger partial charge in [-0.15, -0.1) is 0 Å². The zero-order valence-corrected chi connectivity index (χ0v) is 11.1. The Bertz CT molecular complexity index is 460. The van der Waals surface area contributed by atoms with Gasteiger partial charge in [0, 0.05) is 12.8 Å². The summed E-state index contributed by atoms with van der Waals surface area (Å²) >= 11 is 0. The van der Waals surface area contributed by atoms with Crippen molar-refractivity contribution in [2.45, 2.75) is 38.7 Å². The van der Waals surface area contributed by atoms with Gasteiger partial charge in [-0.1, -0.05) is 29.8 Å². The SMILES string of the molecule is Cc1ccc(CCC(=O)NC(CC(F)F)C(=O)O)cc1. The van der Waals surface area contributed by atoms with Crippen molar-refractivity contribution in [2.24, 2.45) is 0 Å². The van der Waals surface area contributed by atoms with Gasteiger partial charge in [-0.2, -0.15) is 0 Å². The lowest BCUT2D eigenvalue weighted by atomic mass is 10.1. The lowest BCUT2D eigenvalue weighted by Gasteiger charge is -2.13. The highest BCUT2D eigenvalue weighted by atomic mass is 19.3. The largest absolute Gasteiger partial charge is 0.480 e. The number of amides is 1. The van der Waals surface area contributed by atoms with Gasteiger partial charge in [-0.25, -0.2) is 13.6 Å². The van der Waals surface area contributed by atoms with E-state index in [4.69, 9.17) is 5.11 Å². The Morgan fingerprint density at radius 3 is 2.35 bits per heavy atom. The molecule has 0 aliphatic carbocycles. The molecule has 0 heterocycles. The highest BCUT2D eigenvalue weighted by Crippen LogP contribution is 2.07. The van der Waals surface area contributed by atoms with Gasteiger partial charge in [-0.05, 0) is 18.9 Å². The molecule has 1 atom stereocenters. The Labute approximate surface area is 115 Å². The smallest absolute Gasteiger partial charge is 0.326 e. The third-order valence-electron chi connectivity index (χ3n) is 2.81. The molecule has 4 nitrogen and oxygen atoms in total. The minimum Gasteiger partial charge on any atom is -0.480 e. The van der Waals surface area contributed by atoms with Gasteiger partial charge >= 0.3 is 5.97 Å². The molecule has 2 N–H and O–H groups in total. The number of aryl methyl sites for hydroxylation is 2. The lowest BCUT2D eigenvalue weighted by molar-refractivity contribution is -0.143. The minimum atomic E-state index is -2.77. The second-order valence-electron chi connectivity index (χ2n) is 4.57. The fourth-order valence-electron chi connectivity index (χ4n) is 1.68. The van der Waals surface area contributed by atoms with Crippen LogP contribution < -0.4 is 5.32 Å². The summed E-state index contributed by atoms with van der Waals surface area (Å²) in [7, 11) is 0. The van der Waals surface area contributed by atoms with Gasteiger partial charge < -0.3 is 10.4 Å².